The Kier molecular flexibility index (Phi) is 6.10. The molecule has 106 valence electrons. The molecule has 2 rings (SSSR count). The fourth-order valence-electron chi connectivity index (χ4n) is 2.85. The lowest BCUT2D eigenvalue weighted by atomic mass is 10.1. The highest BCUT2D eigenvalue weighted by Crippen LogP contribution is 2.22. The van der Waals surface area contributed by atoms with Crippen molar-refractivity contribution in [1.82, 2.24) is 10.2 Å². The Balaban J connectivity index is 1.71. The van der Waals surface area contributed by atoms with Crippen LogP contribution in [0.4, 0.5) is 0 Å². The van der Waals surface area contributed by atoms with Gasteiger partial charge in [0.15, 0.2) is 0 Å². The molecule has 1 aromatic carbocycles. The molecule has 1 aliphatic carbocycles. The lowest BCUT2D eigenvalue weighted by Gasteiger charge is -2.25. The average Bonchev–Trinajstić information content (AvgIpc) is 2.93. The van der Waals surface area contributed by atoms with Crippen LogP contribution in [0.2, 0.25) is 0 Å². The van der Waals surface area contributed by atoms with Crippen molar-refractivity contribution in [3.05, 3.63) is 33.4 Å². The highest BCUT2D eigenvalue weighted by atomic mass is 127. The molecule has 1 aliphatic rings. The van der Waals surface area contributed by atoms with Crippen molar-refractivity contribution in [2.45, 2.75) is 44.7 Å². The van der Waals surface area contributed by atoms with Gasteiger partial charge in [-0.05, 0) is 67.1 Å². The molecule has 1 saturated carbocycles. The van der Waals surface area contributed by atoms with Gasteiger partial charge in [-0.25, -0.2) is 0 Å². The highest BCUT2D eigenvalue weighted by Gasteiger charge is 2.18. The molecular formula is C16H25IN2. The van der Waals surface area contributed by atoms with Crippen LogP contribution in [0.25, 0.3) is 0 Å². The first-order chi connectivity index (χ1) is 9.16. The zero-order valence-corrected chi connectivity index (χ0v) is 14.2. The van der Waals surface area contributed by atoms with Gasteiger partial charge < -0.3 is 10.2 Å². The van der Waals surface area contributed by atoms with Crippen molar-refractivity contribution in [2.75, 3.05) is 20.1 Å². The normalized spacial score (nSPS) is 18.1. The number of nitrogens with zero attached hydrogens (tertiary/aromatic N) is 1. The van der Waals surface area contributed by atoms with Crippen LogP contribution < -0.4 is 5.32 Å². The summed E-state index contributed by atoms with van der Waals surface area (Å²) in [5.41, 5.74) is 1.38. The fraction of sp³-hybridized carbons (Fsp3) is 0.625. The number of benzene rings is 1. The van der Waals surface area contributed by atoms with E-state index in [1.807, 2.05) is 0 Å². The van der Waals surface area contributed by atoms with Gasteiger partial charge in [-0.2, -0.15) is 0 Å². The monoisotopic (exact) mass is 372 g/mol. The molecular weight excluding hydrogens is 347 g/mol. The predicted octanol–water partition coefficient (Wildman–Crippen LogP) is 3.82. The van der Waals surface area contributed by atoms with E-state index in [0.29, 0.717) is 6.04 Å². The quantitative estimate of drug-likeness (QED) is 0.764. The second kappa shape index (κ2) is 7.60. The molecule has 0 aromatic heterocycles. The Bertz CT molecular complexity index is 371. The minimum absolute atomic E-state index is 0.439. The lowest BCUT2D eigenvalue weighted by molar-refractivity contribution is 0.243. The minimum atomic E-state index is 0.439. The Labute approximate surface area is 131 Å². The number of hydrogen-bond acceptors (Lipinski definition) is 2. The maximum atomic E-state index is 3.63. The predicted molar refractivity (Wildman–Crippen MR) is 90.5 cm³/mol. The van der Waals surface area contributed by atoms with Gasteiger partial charge in [0.2, 0.25) is 0 Å². The molecule has 1 unspecified atom stereocenters. The Morgan fingerprint density at radius 2 is 1.89 bits per heavy atom. The summed E-state index contributed by atoms with van der Waals surface area (Å²) in [4.78, 5) is 2.53. The summed E-state index contributed by atoms with van der Waals surface area (Å²) >= 11 is 2.35. The molecule has 0 aliphatic heterocycles. The SMILES string of the molecule is CC(NCCN(C)C1CCCC1)c1ccc(I)cc1. The topological polar surface area (TPSA) is 15.3 Å². The maximum absolute atomic E-state index is 3.63. The molecule has 19 heavy (non-hydrogen) atoms. The minimum Gasteiger partial charge on any atom is -0.309 e. The van der Waals surface area contributed by atoms with E-state index in [1.165, 1.54) is 34.8 Å². The third-order valence-electron chi connectivity index (χ3n) is 4.23. The smallest absolute Gasteiger partial charge is 0.0292 e. The van der Waals surface area contributed by atoms with Crippen LogP contribution in [0.3, 0.4) is 0 Å². The molecule has 0 amide bonds. The van der Waals surface area contributed by atoms with Crippen molar-refractivity contribution < 1.29 is 0 Å². The van der Waals surface area contributed by atoms with Gasteiger partial charge in [-0.1, -0.05) is 25.0 Å². The van der Waals surface area contributed by atoms with Gasteiger partial charge >= 0.3 is 0 Å². The molecule has 1 N–H and O–H groups in total. The Hall–Kier alpha value is -0.130. The second-order valence-electron chi connectivity index (χ2n) is 5.65. The van der Waals surface area contributed by atoms with E-state index in [-0.39, 0.29) is 0 Å². The zero-order chi connectivity index (χ0) is 13.7. The molecule has 1 fully saturated rings. The van der Waals surface area contributed by atoms with E-state index in [9.17, 15) is 0 Å². The van der Waals surface area contributed by atoms with Gasteiger partial charge in [0.25, 0.3) is 0 Å². The van der Waals surface area contributed by atoms with Crippen LogP contribution in [-0.4, -0.2) is 31.1 Å². The first-order valence-electron chi connectivity index (χ1n) is 7.36. The number of likely N-dealkylation sites (N-methyl/N-ethyl adjacent to an activating group) is 1. The van der Waals surface area contributed by atoms with Gasteiger partial charge in [-0.15, -0.1) is 0 Å². The number of hydrogen-bond donors (Lipinski definition) is 1. The van der Waals surface area contributed by atoms with E-state index in [2.05, 4.69) is 71.0 Å². The summed E-state index contributed by atoms with van der Waals surface area (Å²) in [6.45, 7) is 4.47. The lowest BCUT2D eigenvalue weighted by Crippen LogP contribution is -2.36. The van der Waals surface area contributed by atoms with E-state index in [1.54, 1.807) is 0 Å². The fourth-order valence-corrected chi connectivity index (χ4v) is 3.21. The van der Waals surface area contributed by atoms with Crippen LogP contribution in [0.15, 0.2) is 24.3 Å². The summed E-state index contributed by atoms with van der Waals surface area (Å²) in [5, 5.41) is 3.63. The largest absolute Gasteiger partial charge is 0.309 e. The maximum Gasteiger partial charge on any atom is 0.0292 e. The number of rotatable bonds is 6. The second-order valence-corrected chi connectivity index (χ2v) is 6.89. The van der Waals surface area contributed by atoms with Crippen LogP contribution in [0, 0.1) is 3.57 Å². The van der Waals surface area contributed by atoms with Crippen LogP contribution in [0.1, 0.15) is 44.2 Å². The van der Waals surface area contributed by atoms with Crippen molar-refractivity contribution in [1.29, 1.82) is 0 Å². The van der Waals surface area contributed by atoms with Crippen molar-refractivity contribution in [2.24, 2.45) is 0 Å². The van der Waals surface area contributed by atoms with Crippen LogP contribution in [0.5, 0.6) is 0 Å². The summed E-state index contributed by atoms with van der Waals surface area (Å²) in [7, 11) is 2.27. The molecule has 0 heterocycles. The van der Waals surface area contributed by atoms with Gasteiger partial charge in [-0.3, -0.25) is 0 Å². The van der Waals surface area contributed by atoms with E-state index in [4.69, 9.17) is 0 Å². The molecule has 1 aromatic rings. The van der Waals surface area contributed by atoms with Crippen molar-refractivity contribution >= 4 is 22.6 Å². The van der Waals surface area contributed by atoms with Crippen LogP contribution in [-0.2, 0) is 0 Å². The Morgan fingerprint density at radius 1 is 1.26 bits per heavy atom. The number of halogens is 1. The van der Waals surface area contributed by atoms with Gasteiger partial charge in [0, 0.05) is 28.7 Å². The van der Waals surface area contributed by atoms with E-state index in [0.717, 1.165) is 19.1 Å². The third kappa shape index (κ3) is 4.72. The number of nitrogens with one attached hydrogen (secondary N) is 1. The Morgan fingerprint density at radius 3 is 2.53 bits per heavy atom. The molecule has 0 saturated heterocycles. The summed E-state index contributed by atoms with van der Waals surface area (Å²) in [6.07, 6.45) is 5.62. The van der Waals surface area contributed by atoms with Gasteiger partial charge in [0.05, 0.1) is 0 Å². The zero-order valence-electron chi connectivity index (χ0n) is 12.0. The van der Waals surface area contributed by atoms with Gasteiger partial charge in [0.1, 0.15) is 0 Å². The standard InChI is InChI=1S/C16H25IN2/c1-13(14-7-9-15(17)10-8-14)18-11-12-19(2)16-5-3-4-6-16/h7-10,13,16,18H,3-6,11-12H2,1-2H3. The molecule has 0 spiro atoms. The van der Waals surface area contributed by atoms with E-state index >= 15 is 0 Å². The molecule has 1 atom stereocenters. The first kappa shape index (κ1) is 15.3. The van der Waals surface area contributed by atoms with Crippen molar-refractivity contribution in [3.63, 3.8) is 0 Å². The summed E-state index contributed by atoms with van der Waals surface area (Å²) in [6, 6.07) is 10.1. The molecule has 0 bridgehead atoms. The van der Waals surface area contributed by atoms with E-state index < -0.39 is 0 Å². The third-order valence-corrected chi connectivity index (χ3v) is 4.95. The molecule has 3 heteroatoms. The summed E-state index contributed by atoms with van der Waals surface area (Å²) in [5.74, 6) is 0. The van der Waals surface area contributed by atoms with Crippen LogP contribution >= 0.6 is 22.6 Å². The molecule has 2 nitrogen and oxygen atoms in total. The molecule has 0 radical (unpaired) electrons. The average molecular weight is 372 g/mol. The summed E-state index contributed by atoms with van der Waals surface area (Å²) < 4.78 is 1.30. The van der Waals surface area contributed by atoms with Crippen molar-refractivity contribution in [3.8, 4) is 0 Å². The highest BCUT2D eigenvalue weighted by molar-refractivity contribution is 14.1. The first-order valence-corrected chi connectivity index (χ1v) is 8.44.